The number of benzene rings is 3. The van der Waals surface area contributed by atoms with Gasteiger partial charge in [0.1, 0.15) is 5.75 Å². The van der Waals surface area contributed by atoms with Gasteiger partial charge in [-0.05, 0) is 66.9 Å². The summed E-state index contributed by atoms with van der Waals surface area (Å²) in [6, 6.07) is 20.8. The van der Waals surface area contributed by atoms with Crippen molar-refractivity contribution in [2.24, 2.45) is 5.10 Å². The van der Waals surface area contributed by atoms with E-state index in [-0.39, 0.29) is 24.2 Å². The Bertz CT molecular complexity index is 1350. The number of anilines is 1. The van der Waals surface area contributed by atoms with Crippen LogP contribution in [0.25, 0.3) is 10.2 Å². The number of nitrogens with one attached hydrogen (secondary N) is 2. The first-order valence-corrected chi connectivity index (χ1v) is 12.7. The smallest absolute Gasteiger partial charge is 0.262 e. The standard InChI is InChI=1S/C26H24N4O3S2/c1-17-10-11-20(12-18(17)2)28-24(31)15-33-21-7-5-6-19(13-21)14-27-30-25(32)16-34-26-29-22-8-3-4-9-23(22)35-26/h3-14H,15-16H2,1-2H3,(H,28,31)(H,30,32)/b27-14+. The van der Waals surface area contributed by atoms with E-state index in [1.807, 2.05) is 62.4 Å². The second-order valence-electron chi connectivity index (χ2n) is 7.74. The van der Waals surface area contributed by atoms with Gasteiger partial charge in [0.15, 0.2) is 10.9 Å². The molecule has 0 spiro atoms. The van der Waals surface area contributed by atoms with E-state index >= 15 is 0 Å². The van der Waals surface area contributed by atoms with Crippen molar-refractivity contribution in [1.82, 2.24) is 10.4 Å². The lowest BCUT2D eigenvalue weighted by Crippen LogP contribution is -2.20. The number of thioether (sulfide) groups is 1. The van der Waals surface area contributed by atoms with Crippen LogP contribution in [0.3, 0.4) is 0 Å². The van der Waals surface area contributed by atoms with Gasteiger partial charge in [0.05, 0.1) is 22.2 Å². The first-order valence-electron chi connectivity index (χ1n) is 10.9. The number of fused-ring (bicyclic) bond motifs is 1. The molecule has 0 saturated carbocycles. The van der Waals surface area contributed by atoms with Gasteiger partial charge < -0.3 is 10.1 Å². The Labute approximate surface area is 211 Å². The minimum atomic E-state index is -0.245. The monoisotopic (exact) mass is 504 g/mol. The van der Waals surface area contributed by atoms with Crippen LogP contribution in [0.2, 0.25) is 0 Å². The van der Waals surface area contributed by atoms with Gasteiger partial charge in [-0.3, -0.25) is 9.59 Å². The molecule has 2 N–H and O–H groups in total. The molecule has 0 atom stereocenters. The fourth-order valence-electron chi connectivity index (χ4n) is 3.10. The summed E-state index contributed by atoms with van der Waals surface area (Å²) in [4.78, 5) is 28.8. The molecule has 4 rings (SSSR count). The Morgan fingerprint density at radius 3 is 2.71 bits per heavy atom. The number of nitrogens with zero attached hydrogens (tertiary/aromatic N) is 2. The summed E-state index contributed by atoms with van der Waals surface area (Å²) in [5, 5.41) is 6.84. The summed E-state index contributed by atoms with van der Waals surface area (Å²) in [6.45, 7) is 3.90. The predicted octanol–water partition coefficient (Wildman–Crippen LogP) is 5.17. The highest BCUT2D eigenvalue weighted by molar-refractivity contribution is 8.01. The zero-order chi connectivity index (χ0) is 24.6. The number of para-hydroxylation sites is 1. The number of aryl methyl sites for hydroxylation is 2. The molecule has 1 heterocycles. The number of carbonyl (C=O) groups is 2. The highest BCUT2D eigenvalue weighted by Crippen LogP contribution is 2.29. The third-order valence-electron chi connectivity index (χ3n) is 5.02. The number of carbonyl (C=O) groups excluding carboxylic acids is 2. The van der Waals surface area contributed by atoms with Gasteiger partial charge in [-0.25, -0.2) is 10.4 Å². The van der Waals surface area contributed by atoms with Crippen LogP contribution < -0.4 is 15.5 Å². The van der Waals surface area contributed by atoms with E-state index in [0.29, 0.717) is 5.75 Å². The molecule has 3 aromatic carbocycles. The third-order valence-corrected chi connectivity index (χ3v) is 7.20. The van der Waals surface area contributed by atoms with Gasteiger partial charge in [0.25, 0.3) is 11.8 Å². The molecular weight excluding hydrogens is 480 g/mol. The van der Waals surface area contributed by atoms with Gasteiger partial charge in [0.2, 0.25) is 0 Å². The SMILES string of the molecule is Cc1ccc(NC(=O)COc2cccc(/C=N/NC(=O)CSc3nc4ccccc4s3)c2)cc1C. The number of hydrogen-bond acceptors (Lipinski definition) is 7. The summed E-state index contributed by atoms with van der Waals surface area (Å²) in [7, 11) is 0. The van der Waals surface area contributed by atoms with Gasteiger partial charge in [0, 0.05) is 5.69 Å². The van der Waals surface area contributed by atoms with Crippen molar-refractivity contribution in [2.75, 3.05) is 17.7 Å². The van der Waals surface area contributed by atoms with Crippen molar-refractivity contribution in [3.8, 4) is 5.75 Å². The highest BCUT2D eigenvalue weighted by Gasteiger charge is 2.08. The van der Waals surface area contributed by atoms with Crippen LogP contribution in [0.4, 0.5) is 5.69 Å². The number of ether oxygens (including phenoxy) is 1. The largest absolute Gasteiger partial charge is 0.484 e. The number of rotatable bonds is 9. The van der Waals surface area contributed by atoms with Crippen LogP contribution in [0, 0.1) is 13.8 Å². The second kappa shape index (κ2) is 11.6. The molecule has 35 heavy (non-hydrogen) atoms. The quantitative estimate of drug-likeness (QED) is 0.186. The Morgan fingerprint density at radius 1 is 1.03 bits per heavy atom. The maximum absolute atomic E-state index is 12.2. The summed E-state index contributed by atoms with van der Waals surface area (Å²) in [6.07, 6.45) is 1.53. The molecule has 1 aromatic heterocycles. The van der Waals surface area contributed by atoms with Crippen LogP contribution in [-0.2, 0) is 9.59 Å². The number of hydrogen-bond donors (Lipinski definition) is 2. The molecule has 0 radical (unpaired) electrons. The molecule has 9 heteroatoms. The molecule has 4 aromatic rings. The first kappa shape index (κ1) is 24.4. The number of hydrazone groups is 1. The Hall–Kier alpha value is -3.69. The lowest BCUT2D eigenvalue weighted by Gasteiger charge is -2.09. The third kappa shape index (κ3) is 7.14. The zero-order valence-electron chi connectivity index (χ0n) is 19.3. The number of thiazole rings is 1. The maximum Gasteiger partial charge on any atom is 0.262 e. The number of amides is 2. The molecule has 178 valence electrons. The van der Waals surface area contributed by atoms with Crippen molar-refractivity contribution in [3.05, 3.63) is 83.4 Å². The predicted molar refractivity (Wildman–Crippen MR) is 143 cm³/mol. The van der Waals surface area contributed by atoms with Gasteiger partial charge in [-0.1, -0.05) is 42.1 Å². The molecule has 0 unspecified atom stereocenters. The van der Waals surface area contributed by atoms with Crippen LogP contribution in [-0.4, -0.2) is 35.4 Å². The Morgan fingerprint density at radius 2 is 1.89 bits per heavy atom. The number of aromatic nitrogens is 1. The van der Waals surface area contributed by atoms with Gasteiger partial charge in [-0.15, -0.1) is 11.3 Å². The van der Waals surface area contributed by atoms with Crippen molar-refractivity contribution >= 4 is 57.0 Å². The Kier molecular flexibility index (Phi) is 8.12. The van der Waals surface area contributed by atoms with E-state index in [1.165, 1.54) is 23.5 Å². The van der Waals surface area contributed by atoms with Gasteiger partial charge >= 0.3 is 0 Å². The van der Waals surface area contributed by atoms with Crippen molar-refractivity contribution in [2.45, 2.75) is 18.2 Å². The van der Waals surface area contributed by atoms with E-state index in [2.05, 4.69) is 20.8 Å². The summed E-state index contributed by atoms with van der Waals surface area (Å²) >= 11 is 2.94. The average molecular weight is 505 g/mol. The highest BCUT2D eigenvalue weighted by atomic mass is 32.2. The van der Waals surface area contributed by atoms with Crippen molar-refractivity contribution in [3.63, 3.8) is 0 Å². The average Bonchev–Trinajstić information content (AvgIpc) is 3.27. The first-order chi connectivity index (χ1) is 17.0. The lowest BCUT2D eigenvalue weighted by atomic mass is 10.1. The van der Waals surface area contributed by atoms with Crippen molar-refractivity contribution < 1.29 is 14.3 Å². The van der Waals surface area contributed by atoms with Crippen LogP contribution in [0.15, 0.2) is 76.2 Å². The molecule has 0 aliphatic heterocycles. The zero-order valence-corrected chi connectivity index (χ0v) is 20.9. The van der Waals surface area contributed by atoms with Gasteiger partial charge in [-0.2, -0.15) is 5.10 Å². The molecule has 0 fully saturated rings. The van der Waals surface area contributed by atoms with E-state index < -0.39 is 0 Å². The molecule has 2 amide bonds. The molecule has 0 bridgehead atoms. The fourth-order valence-corrected chi connectivity index (χ4v) is 4.96. The Balaban J connectivity index is 1.22. The minimum absolute atomic E-state index is 0.118. The maximum atomic E-state index is 12.2. The van der Waals surface area contributed by atoms with Crippen LogP contribution in [0.1, 0.15) is 16.7 Å². The van der Waals surface area contributed by atoms with E-state index in [4.69, 9.17) is 4.74 Å². The summed E-state index contributed by atoms with van der Waals surface area (Å²) in [5.74, 6) is 0.281. The molecule has 0 aliphatic carbocycles. The van der Waals surface area contributed by atoms with Crippen LogP contribution in [0.5, 0.6) is 5.75 Å². The fraction of sp³-hybridized carbons (Fsp3) is 0.154. The summed E-state index contributed by atoms with van der Waals surface area (Å²) in [5.41, 5.74) is 7.20. The minimum Gasteiger partial charge on any atom is -0.484 e. The molecule has 0 saturated heterocycles. The normalized spacial score (nSPS) is 11.0. The summed E-state index contributed by atoms with van der Waals surface area (Å²) < 4.78 is 7.54. The second-order valence-corrected chi connectivity index (χ2v) is 9.99. The van der Waals surface area contributed by atoms with E-state index in [9.17, 15) is 9.59 Å². The van der Waals surface area contributed by atoms with E-state index in [0.717, 1.165) is 31.4 Å². The lowest BCUT2D eigenvalue weighted by molar-refractivity contribution is -0.119. The topological polar surface area (TPSA) is 92.7 Å². The van der Waals surface area contributed by atoms with Crippen LogP contribution >= 0.6 is 23.1 Å². The van der Waals surface area contributed by atoms with E-state index in [1.54, 1.807) is 29.5 Å². The molecule has 7 nitrogen and oxygen atoms in total. The molecular formula is C26H24N4O3S2. The van der Waals surface area contributed by atoms with Crippen molar-refractivity contribution in [1.29, 1.82) is 0 Å². The molecule has 0 aliphatic rings.